The molecule has 2 aromatic carbocycles. The van der Waals surface area contributed by atoms with Crippen molar-refractivity contribution >= 4 is 17.5 Å². The highest BCUT2D eigenvalue weighted by Crippen LogP contribution is 2.22. The summed E-state index contributed by atoms with van der Waals surface area (Å²) in [6, 6.07) is 18.3. The maximum Gasteiger partial charge on any atom is 0.291 e. The molecule has 1 aromatic heterocycles. The highest BCUT2D eigenvalue weighted by Gasteiger charge is 2.14. The summed E-state index contributed by atoms with van der Waals surface area (Å²) >= 11 is 0. The highest BCUT2D eigenvalue weighted by atomic mass is 16.3. The fourth-order valence-electron chi connectivity index (χ4n) is 2.71. The second kappa shape index (κ2) is 8.13. The normalized spacial score (nSPS) is 11.1. The van der Waals surface area contributed by atoms with E-state index in [0.29, 0.717) is 17.8 Å². The molecule has 5 nitrogen and oxygen atoms in total. The average Bonchev–Trinajstić information content (AvgIpc) is 3.21. The molecule has 0 saturated carbocycles. The van der Waals surface area contributed by atoms with Crippen molar-refractivity contribution in [3.05, 3.63) is 89.4 Å². The number of hydrogen-bond acceptors (Lipinski definition) is 3. The van der Waals surface area contributed by atoms with Crippen molar-refractivity contribution in [1.82, 2.24) is 5.32 Å². The first-order valence-electron chi connectivity index (χ1n) is 9.15. The van der Waals surface area contributed by atoms with Crippen molar-refractivity contribution in [2.24, 2.45) is 0 Å². The first-order valence-corrected chi connectivity index (χ1v) is 9.15. The molecule has 0 bridgehead atoms. The van der Waals surface area contributed by atoms with E-state index in [4.69, 9.17) is 4.42 Å². The van der Waals surface area contributed by atoms with E-state index < -0.39 is 0 Å². The van der Waals surface area contributed by atoms with Crippen molar-refractivity contribution < 1.29 is 14.0 Å². The lowest BCUT2D eigenvalue weighted by Crippen LogP contribution is -2.23. The largest absolute Gasteiger partial charge is 0.459 e. The third-order valence-electron chi connectivity index (χ3n) is 4.42. The monoisotopic (exact) mass is 376 g/mol. The number of rotatable bonds is 5. The third-order valence-corrected chi connectivity index (χ3v) is 4.42. The van der Waals surface area contributed by atoms with Crippen molar-refractivity contribution in [2.75, 3.05) is 5.32 Å². The van der Waals surface area contributed by atoms with Crippen LogP contribution in [-0.4, -0.2) is 11.8 Å². The summed E-state index contributed by atoms with van der Waals surface area (Å²) in [4.78, 5) is 24.3. The van der Waals surface area contributed by atoms with Gasteiger partial charge in [-0.05, 0) is 52.9 Å². The minimum atomic E-state index is -0.301. The van der Waals surface area contributed by atoms with Gasteiger partial charge in [0.25, 0.3) is 11.8 Å². The van der Waals surface area contributed by atoms with Gasteiger partial charge in [-0.3, -0.25) is 9.59 Å². The van der Waals surface area contributed by atoms with E-state index in [-0.39, 0.29) is 23.0 Å². The third kappa shape index (κ3) is 4.88. The van der Waals surface area contributed by atoms with Crippen LogP contribution in [0.5, 0.6) is 0 Å². The lowest BCUT2D eigenvalue weighted by Gasteiger charge is -2.19. The minimum Gasteiger partial charge on any atom is -0.459 e. The number of furan rings is 1. The maximum atomic E-state index is 12.3. The fourth-order valence-corrected chi connectivity index (χ4v) is 2.71. The van der Waals surface area contributed by atoms with Gasteiger partial charge in [-0.25, -0.2) is 0 Å². The van der Waals surface area contributed by atoms with Gasteiger partial charge < -0.3 is 15.1 Å². The Hall–Kier alpha value is -3.34. The summed E-state index contributed by atoms with van der Waals surface area (Å²) in [5.41, 5.74) is 3.49. The number of nitrogens with one attached hydrogen (secondary N) is 2. The number of carbonyl (C=O) groups is 2. The summed E-state index contributed by atoms with van der Waals surface area (Å²) in [5.74, 6) is -0.158. The molecule has 0 unspecified atom stereocenters. The molecule has 0 radical (unpaired) electrons. The van der Waals surface area contributed by atoms with Gasteiger partial charge in [0.05, 0.1) is 6.26 Å². The summed E-state index contributed by atoms with van der Waals surface area (Å²) in [7, 11) is 0. The zero-order chi connectivity index (χ0) is 20.1. The van der Waals surface area contributed by atoms with E-state index in [0.717, 1.165) is 5.56 Å². The molecule has 28 heavy (non-hydrogen) atoms. The molecule has 0 saturated heterocycles. The van der Waals surface area contributed by atoms with Crippen LogP contribution in [0.25, 0.3) is 0 Å². The summed E-state index contributed by atoms with van der Waals surface area (Å²) in [6.45, 7) is 6.83. The number of anilines is 1. The predicted octanol–water partition coefficient (Wildman–Crippen LogP) is 4.76. The molecule has 3 aromatic rings. The van der Waals surface area contributed by atoms with E-state index in [2.05, 4.69) is 31.4 Å². The van der Waals surface area contributed by atoms with Gasteiger partial charge in [-0.1, -0.05) is 45.0 Å². The second-order valence-corrected chi connectivity index (χ2v) is 7.64. The smallest absolute Gasteiger partial charge is 0.291 e. The minimum absolute atomic E-state index is 0.0586. The molecule has 0 spiro atoms. The molecule has 0 fully saturated rings. The first-order chi connectivity index (χ1) is 13.3. The van der Waals surface area contributed by atoms with Crippen LogP contribution < -0.4 is 10.6 Å². The van der Waals surface area contributed by atoms with Gasteiger partial charge in [0.2, 0.25) is 0 Å². The van der Waals surface area contributed by atoms with Crippen LogP contribution in [0.4, 0.5) is 5.69 Å². The van der Waals surface area contributed by atoms with E-state index in [1.54, 1.807) is 24.3 Å². The van der Waals surface area contributed by atoms with Crippen molar-refractivity contribution in [1.29, 1.82) is 0 Å². The van der Waals surface area contributed by atoms with Gasteiger partial charge in [0, 0.05) is 17.8 Å². The van der Waals surface area contributed by atoms with Crippen LogP contribution in [0.15, 0.2) is 71.3 Å². The number of carbonyl (C=O) groups excluding carboxylic acids is 2. The molecule has 5 heteroatoms. The van der Waals surface area contributed by atoms with Crippen LogP contribution in [0.1, 0.15) is 52.8 Å². The molecule has 2 amide bonds. The summed E-state index contributed by atoms with van der Waals surface area (Å²) in [5, 5.41) is 5.67. The molecule has 2 N–H and O–H groups in total. The summed E-state index contributed by atoms with van der Waals surface area (Å²) in [6.07, 6.45) is 1.46. The Balaban J connectivity index is 1.54. The zero-order valence-corrected chi connectivity index (χ0v) is 16.3. The van der Waals surface area contributed by atoms with Crippen LogP contribution in [-0.2, 0) is 12.0 Å². The predicted molar refractivity (Wildman–Crippen MR) is 109 cm³/mol. The SMILES string of the molecule is CC(C)(C)c1ccc(C(=O)NCc2ccc(NC(=O)c3ccco3)cc2)cc1. The van der Waals surface area contributed by atoms with Crippen LogP contribution >= 0.6 is 0 Å². The molecule has 0 atom stereocenters. The Bertz CT molecular complexity index is 935. The first kappa shape index (κ1) is 19.4. The van der Waals surface area contributed by atoms with Gasteiger partial charge >= 0.3 is 0 Å². The molecule has 0 aliphatic rings. The average molecular weight is 376 g/mol. The zero-order valence-electron chi connectivity index (χ0n) is 16.3. The van der Waals surface area contributed by atoms with E-state index in [9.17, 15) is 9.59 Å². The number of benzene rings is 2. The molecule has 1 heterocycles. The van der Waals surface area contributed by atoms with Gasteiger partial charge in [0.15, 0.2) is 5.76 Å². The number of hydrogen-bond donors (Lipinski definition) is 2. The summed E-state index contributed by atoms with van der Waals surface area (Å²) < 4.78 is 5.06. The molecular formula is C23H24N2O3. The standard InChI is InChI=1S/C23H24N2O3/c1-23(2,3)18-10-8-17(9-11-18)21(26)24-15-16-6-12-19(13-7-16)25-22(27)20-5-4-14-28-20/h4-14H,15H2,1-3H3,(H,24,26)(H,25,27). The maximum absolute atomic E-state index is 12.3. The lowest BCUT2D eigenvalue weighted by molar-refractivity contribution is 0.0949. The van der Waals surface area contributed by atoms with Crippen LogP contribution in [0.3, 0.4) is 0 Å². The van der Waals surface area contributed by atoms with Gasteiger partial charge in [-0.2, -0.15) is 0 Å². The topological polar surface area (TPSA) is 71.3 Å². The van der Waals surface area contributed by atoms with E-state index in [1.807, 2.05) is 36.4 Å². The Kier molecular flexibility index (Phi) is 5.64. The molecular weight excluding hydrogens is 352 g/mol. The highest BCUT2D eigenvalue weighted by molar-refractivity contribution is 6.02. The Morgan fingerprint density at radius 3 is 2.14 bits per heavy atom. The second-order valence-electron chi connectivity index (χ2n) is 7.64. The Morgan fingerprint density at radius 2 is 1.57 bits per heavy atom. The van der Waals surface area contributed by atoms with Crippen LogP contribution in [0, 0.1) is 0 Å². The van der Waals surface area contributed by atoms with Crippen molar-refractivity contribution in [3.63, 3.8) is 0 Å². The van der Waals surface area contributed by atoms with Crippen LogP contribution in [0.2, 0.25) is 0 Å². The lowest BCUT2D eigenvalue weighted by atomic mass is 9.87. The number of amides is 2. The quantitative estimate of drug-likeness (QED) is 0.674. The molecule has 0 aliphatic carbocycles. The van der Waals surface area contributed by atoms with Crippen molar-refractivity contribution in [3.8, 4) is 0 Å². The van der Waals surface area contributed by atoms with Gasteiger partial charge in [-0.15, -0.1) is 0 Å². The van der Waals surface area contributed by atoms with Crippen molar-refractivity contribution in [2.45, 2.75) is 32.7 Å². The molecule has 0 aliphatic heterocycles. The Morgan fingerprint density at radius 1 is 0.893 bits per heavy atom. The van der Waals surface area contributed by atoms with E-state index in [1.165, 1.54) is 11.8 Å². The fraction of sp³-hybridized carbons (Fsp3) is 0.217. The molecule has 144 valence electrons. The molecule has 3 rings (SSSR count). The Labute approximate surface area is 164 Å². The van der Waals surface area contributed by atoms with E-state index >= 15 is 0 Å². The van der Waals surface area contributed by atoms with Gasteiger partial charge in [0.1, 0.15) is 0 Å².